The van der Waals surface area contributed by atoms with Gasteiger partial charge in [0.2, 0.25) is 5.91 Å². The van der Waals surface area contributed by atoms with Crippen LogP contribution in [0.15, 0.2) is 0 Å². The van der Waals surface area contributed by atoms with Gasteiger partial charge in [0.15, 0.2) is 0 Å². The first-order chi connectivity index (χ1) is 5.52. The van der Waals surface area contributed by atoms with Crippen LogP contribution in [0.25, 0.3) is 0 Å². The third-order valence-electron chi connectivity index (χ3n) is 2.55. The van der Waals surface area contributed by atoms with Gasteiger partial charge >= 0.3 is 0 Å². The zero-order chi connectivity index (χ0) is 9.19. The van der Waals surface area contributed by atoms with Gasteiger partial charge in [0, 0.05) is 12.0 Å². The fraction of sp³-hybridized carbons (Fsp3) is 0.875. The van der Waals surface area contributed by atoms with Gasteiger partial charge in [-0.15, -0.1) is 0 Å². The van der Waals surface area contributed by atoms with Gasteiger partial charge in [-0.1, -0.05) is 0 Å². The third-order valence-corrected chi connectivity index (χ3v) is 2.55. The molecule has 0 saturated carbocycles. The Bertz CT molecular complexity index is 173. The predicted molar refractivity (Wildman–Crippen MR) is 47.4 cm³/mol. The molecule has 0 aromatic carbocycles. The van der Waals surface area contributed by atoms with E-state index in [-0.39, 0.29) is 12.3 Å². The molecule has 0 radical (unpaired) electrons. The molecule has 1 saturated heterocycles. The van der Waals surface area contributed by atoms with Crippen LogP contribution >= 0.6 is 0 Å². The molecule has 0 spiro atoms. The van der Waals surface area contributed by atoms with Gasteiger partial charge in [-0.2, -0.15) is 0 Å². The molecule has 4 nitrogen and oxygen atoms in total. The summed E-state index contributed by atoms with van der Waals surface area (Å²) in [6, 6.07) is 0. The van der Waals surface area contributed by atoms with E-state index in [1.54, 1.807) is 0 Å². The van der Waals surface area contributed by atoms with Crippen molar-refractivity contribution in [3.63, 3.8) is 0 Å². The summed E-state index contributed by atoms with van der Waals surface area (Å²) in [7, 11) is 0. The van der Waals surface area contributed by atoms with E-state index < -0.39 is 5.54 Å². The van der Waals surface area contributed by atoms with Crippen LogP contribution in [-0.2, 0) is 4.79 Å². The van der Waals surface area contributed by atoms with Crippen molar-refractivity contribution in [2.24, 2.45) is 17.4 Å². The second kappa shape index (κ2) is 3.41. The molecule has 0 aliphatic carbocycles. The van der Waals surface area contributed by atoms with Crippen LogP contribution in [0.3, 0.4) is 0 Å². The molecule has 2 atom stereocenters. The summed E-state index contributed by atoms with van der Waals surface area (Å²) < 4.78 is 0. The highest BCUT2D eigenvalue weighted by Crippen LogP contribution is 2.23. The van der Waals surface area contributed by atoms with Crippen molar-refractivity contribution in [2.45, 2.75) is 25.3 Å². The Morgan fingerprint density at radius 3 is 2.83 bits per heavy atom. The Labute approximate surface area is 72.7 Å². The molecule has 70 valence electrons. The van der Waals surface area contributed by atoms with Crippen molar-refractivity contribution < 1.29 is 4.79 Å². The summed E-state index contributed by atoms with van der Waals surface area (Å²) in [5, 5.41) is 3.22. The summed E-state index contributed by atoms with van der Waals surface area (Å²) in [4.78, 5) is 10.7. The molecule has 0 aromatic rings. The molecule has 4 heteroatoms. The molecule has 1 aliphatic rings. The summed E-state index contributed by atoms with van der Waals surface area (Å²) in [5.41, 5.74) is 10.7. The molecule has 1 amide bonds. The van der Waals surface area contributed by atoms with Crippen LogP contribution in [-0.4, -0.2) is 24.5 Å². The lowest BCUT2D eigenvalue weighted by atomic mass is 9.83. The predicted octanol–water partition coefficient (Wildman–Crippen LogP) is -0.811. The number of amides is 1. The number of nitrogens with two attached hydrogens (primary N) is 2. The van der Waals surface area contributed by atoms with Crippen LogP contribution in [0.1, 0.15) is 19.8 Å². The SMILES string of the molecule is CC(N)(CC(N)=O)C1CCNC1. The van der Waals surface area contributed by atoms with Crippen molar-refractivity contribution in [1.29, 1.82) is 0 Å². The molecule has 1 heterocycles. The van der Waals surface area contributed by atoms with Gasteiger partial charge in [0.25, 0.3) is 0 Å². The molecule has 5 N–H and O–H groups in total. The van der Waals surface area contributed by atoms with Gasteiger partial charge in [-0.25, -0.2) is 0 Å². The van der Waals surface area contributed by atoms with E-state index in [9.17, 15) is 4.79 Å². The van der Waals surface area contributed by atoms with Gasteiger partial charge in [0.1, 0.15) is 0 Å². The zero-order valence-electron chi connectivity index (χ0n) is 7.47. The van der Waals surface area contributed by atoms with Crippen LogP contribution in [0.4, 0.5) is 0 Å². The summed E-state index contributed by atoms with van der Waals surface area (Å²) in [6.07, 6.45) is 1.32. The summed E-state index contributed by atoms with van der Waals surface area (Å²) in [6.45, 7) is 3.80. The summed E-state index contributed by atoms with van der Waals surface area (Å²) in [5.74, 6) is 0.0666. The zero-order valence-corrected chi connectivity index (χ0v) is 7.47. The number of rotatable bonds is 3. The minimum Gasteiger partial charge on any atom is -0.370 e. The highest BCUT2D eigenvalue weighted by molar-refractivity contribution is 5.75. The Kier molecular flexibility index (Phi) is 2.69. The fourth-order valence-corrected chi connectivity index (χ4v) is 1.74. The molecule has 1 aliphatic heterocycles. The lowest BCUT2D eigenvalue weighted by molar-refractivity contribution is -0.119. The van der Waals surface area contributed by atoms with Crippen molar-refractivity contribution >= 4 is 5.91 Å². The number of primary amides is 1. The van der Waals surface area contributed by atoms with Crippen molar-refractivity contribution in [3.05, 3.63) is 0 Å². The maximum Gasteiger partial charge on any atom is 0.219 e. The number of carbonyl (C=O) groups excluding carboxylic acids is 1. The standard InChI is InChI=1S/C8H17N3O/c1-8(10,4-7(9)12)6-2-3-11-5-6/h6,11H,2-5,10H2,1H3,(H2,9,12). The monoisotopic (exact) mass is 171 g/mol. The Morgan fingerprint density at radius 1 is 1.75 bits per heavy atom. The lowest BCUT2D eigenvalue weighted by Crippen LogP contribution is -2.48. The Hall–Kier alpha value is -0.610. The molecular formula is C8H17N3O. The number of nitrogens with one attached hydrogen (secondary N) is 1. The minimum absolute atomic E-state index is 0.277. The lowest BCUT2D eigenvalue weighted by Gasteiger charge is -2.29. The van der Waals surface area contributed by atoms with Crippen molar-refractivity contribution in [1.82, 2.24) is 5.32 Å². The Morgan fingerprint density at radius 2 is 2.42 bits per heavy atom. The van der Waals surface area contributed by atoms with E-state index >= 15 is 0 Å². The number of hydrogen-bond acceptors (Lipinski definition) is 3. The van der Waals surface area contributed by atoms with Crippen molar-refractivity contribution in [2.75, 3.05) is 13.1 Å². The van der Waals surface area contributed by atoms with Gasteiger partial charge in [-0.05, 0) is 32.4 Å². The van der Waals surface area contributed by atoms with E-state index in [0.717, 1.165) is 19.5 Å². The van der Waals surface area contributed by atoms with E-state index in [0.29, 0.717) is 5.92 Å². The van der Waals surface area contributed by atoms with Gasteiger partial charge in [0.05, 0.1) is 0 Å². The number of hydrogen-bond donors (Lipinski definition) is 3. The van der Waals surface area contributed by atoms with E-state index in [1.807, 2.05) is 6.92 Å². The second-order valence-corrected chi connectivity index (χ2v) is 3.84. The first-order valence-electron chi connectivity index (χ1n) is 4.30. The maximum atomic E-state index is 10.7. The Balaban J connectivity index is 2.50. The number of carbonyl (C=O) groups is 1. The van der Waals surface area contributed by atoms with Gasteiger partial charge < -0.3 is 16.8 Å². The molecule has 2 unspecified atom stereocenters. The largest absolute Gasteiger partial charge is 0.370 e. The fourth-order valence-electron chi connectivity index (χ4n) is 1.74. The third kappa shape index (κ3) is 2.19. The molecular weight excluding hydrogens is 154 g/mol. The highest BCUT2D eigenvalue weighted by atomic mass is 16.1. The van der Waals surface area contributed by atoms with E-state index in [4.69, 9.17) is 11.5 Å². The molecule has 12 heavy (non-hydrogen) atoms. The van der Waals surface area contributed by atoms with Gasteiger partial charge in [-0.3, -0.25) is 4.79 Å². The van der Waals surface area contributed by atoms with Crippen LogP contribution in [0.2, 0.25) is 0 Å². The molecule has 1 fully saturated rings. The highest BCUT2D eigenvalue weighted by Gasteiger charge is 2.33. The topological polar surface area (TPSA) is 81.1 Å². The van der Waals surface area contributed by atoms with E-state index in [1.165, 1.54) is 0 Å². The molecule has 1 rings (SSSR count). The smallest absolute Gasteiger partial charge is 0.219 e. The molecule has 0 aromatic heterocycles. The minimum atomic E-state index is -0.435. The normalized spacial score (nSPS) is 28.3. The average Bonchev–Trinajstić information content (AvgIpc) is 2.32. The van der Waals surface area contributed by atoms with E-state index in [2.05, 4.69) is 5.32 Å². The van der Waals surface area contributed by atoms with Crippen LogP contribution in [0, 0.1) is 5.92 Å². The quantitative estimate of drug-likeness (QED) is 0.519. The maximum absolute atomic E-state index is 10.7. The van der Waals surface area contributed by atoms with Crippen molar-refractivity contribution in [3.8, 4) is 0 Å². The van der Waals surface area contributed by atoms with Crippen LogP contribution in [0.5, 0.6) is 0 Å². The first-order valence-corrected chi connectivity index (χ1v) is 4.30. The second-order valence-electron chi connectivity index (χ2n) is 3.84. The average molecular weight is 171 g/mol. The van der Waals surface area contributed by atoms with Crippen LogP contribution < -0.4 is 16.8 Å². The summed E-state index contributed by atoms with van der Waals surface area (Å²) >= 11 is 0. The first kappa shape index (κ1) is 9.48. The molecule has 0 bridgehead atoms.